The summed E-state index contributed by atoms with van der Waals surface area (Å²) in [6.07, 6.45) is 0.545. The molecular weight excluding hydrogens is 232 g/mol. The van der Waals surface area contributed by atoms with Gasteiger partial charge in [-0.05, 0) is 27.9 Å². The summed E-state index contributed by atoms with van der Waals surface area (Å²) in [5, 5.41) is 3.62. The highest BCUT2D eigenvalue weighted by Gasteiger charge is 2.20. The van der Waals surface area contributed by atoms with Gasteiger partial charge in [-0.2, -0.15) is 0 Å². The van der Waals surface area contributed by atoms with E-state index in [0.29, 0.717) is 13.0 Å². The maximum atomic E-state index is 11.2. The molecule has 0 rings (SSSR count). The number of nitrogens with zero attached hydrogens (tertiary/aromatic N) is 1. The van der Waals surface area contributed by atoms with Gasteiger partial charge in [0.2, 0.25) is 5.91 Å². The third-order valence-electron chi connectivity index (χ3n) is 2.25. The highest BCUT2D eigenvalue weighted by Crippen LogP contribution is 2.07. The van der Waals surface area contributed by atoms with Crippen molar-refractivity contribution >= 4 is 21.8 Å². The lowest BCUT2D eigenvalue weighted by Gasteiger charge is -2.32. The van der Waals surface area contributed by atoms with Gasteiger partial charge in [-0.15, -0.1) is 0 Å². The molecule has 0 heterocycles. The molecule has 0 aliphatic rings. The fraction of sp³-hybridized carbons (Fsp3) is 0.889. The fourth-order valence-electron chi connectivity index (χ4n) is 0.647. The van der Waals surface area contributed by atoms with Crippen LogP contribution < -0.4 is 5.32 Å². The van der Waals surface area contributed by atoms with Crippen LogP contribution in [0.25, 0.3) is 0 Å². The van der Waals surface area contributed by atoms with Crippen LogP contribution in [0.1, 0.15) is 20.3 Å². The first-order valence-corrected chi connectivity index (χ1v) is 5.52. The molecule has 0 bridgehead atoms. The molecule has 0 aromatic rings. The Hall–Kier alpha value is -0.0900. The summed E-state index contributed by atoms with van der Waals surface area (Å²) < 4.78 is 0. The normalized spacial score (nSPS) is 11.8. The Balaban J connectivity index is 3.81. The molecule has 0 atom stereocenters. The predicted octanol–water partition coefficient (Wildman–Crippen LogP) is 1.23. The molecule has 0 fully saturated rings. The van der Waals surface area contributed by atoms with Gasteiger partial charge in [0.1, 0.15) is 0 Å². The zero-order valence-electron chi connectivity index (χ0n) is 8.85. The smallest absolute Gasteiger partial charge is 0.220 e. The second-order valence-corrected chi connectivity index (χ2v) is 4.72. The van der Waals surface area contributed by atoms with E-state index in [1.807, 2.05) is 14.1 Å². The second-order valence-electron chi connectivity index (χ2n) is 3.92. The summed E-state index contributed by atoms with van der Waals surface area (Å²) in [6, 6.07) is 0. The Bertz CT molecular complexity index is 169. The van der Waals surface area contributed by atoms with Gasteiger partial charge < -0.3 is 10.2 Å². The number of hydrogen-bond donors (Lipinski definition) is 1. The first kappa shape index (κ1) is 12.9. The highest BCUT2D eigenvalue weighted by atomic mass is 79.9. The van der Waals surface area contributed by atoms with Crippen LogP contribution in [0.15, 0.2) is 0 Å². The molecule has 0 saturated heterocycles. The number of carbonyl (C=O) groups excluding carboxylic acids is 1. The van der Waals surface area contributed by atoms with Crippen LogP contribution in [0, 0.1) is 0 Å². The molecule has 0 aromatic carbocycles. The van der Waals surface area contributed by atoms with Crippen molar-refractivity contribution in [3.63, 3.8) is 0 Å². The molecule has 0 aliphatic carbocycles. The predicted molar refractivity (Wildman–Crippen MR) is 59.2 cm³/mol. The Kier molecular flexibility index (Phi) is 5.56. The summed E-state index contributed by atoms with van der Waals surface area (Å²) in [6.45, 7) is 4.88. The molecule has 0 aromatic heterocycles. The maximum absolute atomic E-state index is 11.2. The summed E-state index contributed by atoms with van der Waals surface area (Å²) in [7, 11) is 4.02. The van der Waals surface area contributed by atoms with Gasteiger partial charge in [0.05, 0.1) is 0 Å². The number of rotatable bonds is 5. The van der Waals surface area contributed by atoms with Gasteiger partial charge in [-0.1, -0.05) is 15.9 Å². The van der Waals surface area contributed by atoms with Gasteiger partial charge in [-0.3, -0.25) is 4.79 Å². The van der Waals surface area contributed by atoms with E-state index in [1.165, 1.54) is 0 Å². The molecule has 0 aliphatic heterocycles. The summed E-state index contributed by atoms with van der Waals surface area (Å²) in [4.78, 5) is 13.3. The van der Waals surface area contributed by atoms with E-state index in [2.05, 4.69) is 40.0 Å². The van der Waals surface area contributed by atoms with E-state index in [4.69, 9.17) is 0 Å². The minimum absolute atomic E-state index is 0.0158. The van der Waals surface area contributed by atoms with Crippen molar-refractivity contribution in [2.45, 2.75) is 25.8 Å². The zero-order chi connectivity index (χ0) is 10.5. The lowest BCUT2D eigenvalue weighted by atomic mass is 10.0. The van der Waals surface area contributed by atoms with Crippen molar-refractivity contribution in [3.05, 3.63) is 0 Å². The standard InChI is InChI=1S/C9H19BrN2O/c1-9(2,12(3)4)7-11-8(13)5-6-10/h5-7H2,1-4H3,(H,11,13). The lowest BCUT2D eigenvalue weighted by Crippen LogP contribution is -2.48. The van der Waals surface area contributed by atoms with Crippen molar-refractivity contribution in [1.29, 1.82) is 0 Å². The van der Waals surface area contributed by atoms with Crippen LogP contribution in [-0.4, -0.2) is 42.3 Å². The second kappa shape index (κ2) is 5.60. The fourth-order valence-corrected chi connectivity index (χ4v) is 1.01. The topological polar surface area (TPSA) is 32.3 Å². The Morgan fingerprint density at radius 2 is 2.00 bits per heavy atom. The zero-order valence-corrected chi connectivity index (χ0v) is 10.4. The molecule has 78 valence electrons. The summed E-state index contributed by atoms with van der Waals surface area (Å²) in [5.74, 6) is 0.104. The third-order valence-corrected chi connectivity index (χ3v) is 2.65. The van der Waals surface area contributed by atoms with Crippen LogP contribution in [0.5, 0.6) is 0 Å². The first-order valence-electron chi connectivity index (χ1n) is 4.40. The van der Waals surface area contributed by atoms with Crippen LogP contribution in [0.3, 0.4) is 0 Å². The Morgan fingerprint density at radius 3 is 2.38 bits per heavy atom. The number of carbonyl (C=O) groups is 1. The first-order chi connectivity index (χ1) is 5.90. The minimum atomic E-state index is 0.0158. The van der Waals surface area contributed by atoms with E-state index in [-0.39, 0.29) is 11.4 Å². The molecule has 0 saturated carbocycles. The number of alkyl halides is 1. The molecule has 0 spiro atoms. The largest absolute Gasteiger partial charge is 0.354 e. The molecule has 0 unspecified atom stereocenters. The third kappa shape index (κ3) is 5.26. The number of halogens is 1. The molecule has 0 radical (unpaired) electrons. The summed E-state index contributed by atoms with van der Waals surface area (Å²) >= 11 is 3.23. The van der Waals surface area contributed by atoms with E-state index in [9.17, 15) is 4.79 Å². The Labute approximate surface area is 89.0 Å². The molecule has 4 heteroatoms. The molecule has 1 N–H and O–H groups in total. The molecule has 3 nitrogen and oxygen atoms in total. The highest BCUT2D eigenvalue weighted by molar-refractivity contribution is 9.09. The van der Waals surface area contributed by atoms with Gasteiger partial charge in [0.25, 0.3) is 0 Å². The monoisotopic (exact) mass is 250 g/mol. The van der Waals surface area contributed by atoms with Crippen LogP contribution in [-0.2, 0) is 4.79 Å². The van der Waals surface area contributed by atoms with Crippen LogP contribution in [0.4, 0.5) is 0 Å². The number of likely N-dealkylation sites (N-methyl/N-ethyl adjacent to an activating group) is 1. The SMILES string of the molecule is CN(C)C(C)(C)CNC(=O)CCBr. The average molecular weight is 251 g/mol. The van der Waals surface area contributed by atoms with Gasteiger partial charge >= 0.3 is 0 Å². The number of amides is 1. The molecule has 13 heavy (non-hydrogen) atoms. The van der Waals surface area contributed by atoms with Crippen molar-refractivity contribution in [3.8, 4) is 0 Å². The van der Waals surface area contributed by atoms with E-state index in [0.717, 1.165) is 5.33 Å². The van der Waals surface area contributed by atoms with Gasteiger partial charge in [0, 0.05) is 23.8 Å². The van der Waals surface area contributed by atoms with Crippen molar-refractivity contribution in [1.82, 2.24) is 10.2 Å². The van der Waals surface area contributed by atoms with E-state index >= 15 is 0 Å². The van der Waals surface area contributed by atoms with Crippen LogP contribution in [0.2, 0.25) is 0 Å². The Morgan fingerprint density at radius 1 is 1.46 bits per heavy atom. The van der Waals surface area contributed by atoms with Crippen LogP contribution >= 0.6 is 15.9 Å². The van der Waals surface area contributed by atoms with E-state index in [1.54, 1.807) is 0 Å². The lowest BCUT2D eigenvalue weighted by molar-refractivity contribution is -0.121. The van der Waals surface area contributed by atoms with Gasteiger partial charge in [0.15, 0.2) is 0 Å². The van der Waals surface area contributed by atoms with E-state index < -0.39 is 0 Å². The van der Waals surface area contributed by atoms with Crippen molar-refractivity contribution < 1.29 is 4.79 Å². The summed E-state index contributed by atoms with van der Waals surface area (Å²) in [5.41, 5.74) is 0.0158. The number of nitrogens with one attached hydrogen (secondary N) is 1. The minimum Gasteiger partial charge on any atom is -0.354 e. The maximum Gasteiger partial charge on any atom is 0.220 e. The molecular formula is C9H19BrN2O. The van der Waals surface area contributed by atoms with Crippen molar-refractivity contribution in [2.75, 3.05) is 26.0 Å². The molecule has 1 amide bonds. The number of hydrogen-bond acceptors (Lipinski definition) is 2. The quantitative estimate of drug-likeness (QED) is 0.745. The van der Waals surface area contributed by atoms with Gasteiger partial charge in [-0.25, -0.2) is 0 Å². The van der Waals surface area contributed by atoms with Crippen molar-refractivity contribution in [2.24, 2.45) is 0 Å². The average Bonchev–Trinajstić information content (AvgIpc) is 2.01.